The van der Waals surface area contributed by atoms with Crippen molar-refractivity contribution in [3.05, 3.63) is 46.2 Å². The molecule has 1 heterocycles. The molecule has 0 amide bonds. The molecule has 1 aromatic heterocycles. The SMILES string of the molecule is Cc1cnc(Cl)c(NS(=O)(=O)c2c(N)cccc2Cl)c1. The van der Waals surface area contributed by atoms with E-state index in [0.29, 0.717) is 0 Å². The number of nitrogens with zero attached hydrogens (tertiary/aromatic N) is 1. The zero-order valence-corrected chi connectivity index (χ0v) is 12.7. The maximum Gasteiger partial charge on any atom is 0.265 e. The molecule has 0 aliphatic heterocycles. The first kappa shape index (κ1) is 14.9. The van der Waals surface area contributed by atoms with Gasteiger partial charge in [-0.15, -0.1) is 0 Å². The molecule has 0 spiro atoms. The van der Waals surface area contributed by atoms with E-state index in [-0.39, 0.29) is 26.4 Å². The number of nitrogen functional groups attached to an aromatic ring is 1. The van der Waals surface area contributed by atoms with Crippen LogP contribution < -0.4 is 10.5 Å². The molecule has 0 fully saturated rings. The van der Waals surface area contributed by atoms with Gasteiger partial charge in [-0.1, -0.05) is 29.3 Å². The summed E-state index contributed by atoms with van der Waals surface area (Å²) in [5.74, 6) is 0. The maximum absolute atomic E-state index is 12.3. The molecule has 2 rings (SSSR count). The Balaban J connectivity index is 2.49. The predicted octanol–water partition coefficient (Wildman–Crippen LogP) is 3.08. The van der Waals surface area contributed by atoms with E-state index in [1.54, 1.807) is 19.1 Å². The highest BCUT2D eigenvalue weighted by atomic mass is 35.5. The Morgan fingerprint density at radius 1 is 1.30 bits per heavy atom. The Morgan fingerprint density at radius 3 is 2.65 bits per heavy atom. The topological polar surface area (TPSA) is 85.1 Å². The van der Waals surface area contributed by atoms with Gasteiger partial charge < -0.3 is 5.73 Å². The third-order valence-corrected chi connectivity index (χ3v) is 4.70. The van der Waals surface area contributed by atoms with Gasteiger partial charge in [0.05, 0.1) is 16.4 Å². The van der Waals surface area contributed by atoms with Crippen LogP contribution in [0, 0.1) is 6.92 Å². The van der Waals surface area contributed by atoms with Crippen LogP contribution in [-0.4, -0.2) is 13.4 Å². The van der Waals surface area contributed by atoms with Crippen molar-refractivity contribution in [2.75, 3.05) is 10.5 Å². The van der Waals surface area contributed by atoms with Gasteiger partial charge in [0.2, 0.25) is 0 Å². The lowest BCUT2D eigenvalue weighted by Crippen LogP contribution is -2.16. The normalized spacial score (nSPS) is 11.3. The van der Waals surface area contributed by atoms with Gasteiger partial charge in [0, 0.05) is 6.20 Å². The highest BCUT2D eigenvalue weighted by Gasteiger charge is 2.22. The fraction of sp³-hybridized carbons (Fsp3) is 0.0833. The summed E-state index contributed by atoms with van der Waals surface area (Å²) in [4.78, 5) is 3.69. The van der Waals surface area contributed by atoms with Crippen LogP contribution in [0.3, 0.4) is 0 Å². The minimum Gasteiger partial charge on any atom is -0.398 e. The molecular formula is C12H11Cl2N3O2S. The van der Waals surface area contributed by atoms with E-state index < -0.39 is 10.0 Å². The third-order valence-electron chi connectivity index (χ3n) is 2.49. The van der Waals surface area contributed by atoms with Crippen molar-refractivity contribution in [2.45, 2.75) is 11.8 Å². The molecule has 0 radical (unpaired) electrons. The number of aromatic nitrogens is 1. The van der Waals surface area contributed by atoms with Gasteiger partial charge in [0.1, 0.15) is 4.90 Å². The summed E-state index contributed by atoms with van der Waals surface area (Å²) in [5, 5.41) is 0.0824. The van der Waals surface area contributed by atoms with Crippen molar-refractivity contribution in [2.24, 2.45) is 0 Å². The van der Waals surface area contributed by atoms with Crippen molar-refractivity contribution < 1.29 is 8.42 Å². The molecule has 0 bridgehead atoms. The molecule has 0 saturated heterocycles. The van der Waals surface area contributed by atoms with Gasteiger partial charge in [-0.2, -0.15) is 0 Å². The van der Waals surface area contributed by atoms with Crippen LogP contribution in [0.5, 0.6) is 0 Å². The molecule has 0 saturated carbocycles. The largest absolute Gasteiger partial charge is 0.398 e. The van der Waals surface area contributed by atoms with Crippen LogP contribution in [0.1, 0.15) is 5.56 Å². The van der Waals surface area contributed by atoms with Crippen LogP contribution in [0.2, 0.25) is 10.2 Å². The molecule has 0 aliphatic carbocycles. The van der Waals surface area contributed by atoms with E-state index in [9.17, 15) is 8.42 Å². The Bertz CT molecular complexity index is 743. The van der Waals surface area contributed by atoms with E-state index >= 15 is 0 Å². The number of halogens is 2. The first-order chi connectivity index (χ1) is 9.31. The van der Waals surface area contributed by atoms with Crippen molar-refractivity contribution in [1.82, 2.24) is 4.98 Å². The number of hydrogen-bond donors (Lipinski definition) is 2. The van der Waals surface area contributed by atoms with Gasteiger partial charge in [0.15, 0.2) is 5.15 Å². The lowest BCUT2D eigenvalue weighted by atomic mass is 10.3. The molecule has 3 N–H and O–H groups in total. The molecule has 20 heavy (non-hydrogen) atoms. The summed E-state index contributed by atoms with van der Waals surface area (Å²) < 4.78 is 27.0. The standard InChI is InChI=1S/C12H11Cl2N3O2S/c1-7-5-10(12(14)16-6-7)17-20(18,19)11-8(13)3-2-4-9(11)15/h2-6,17H,15H2,1H3. The zero-order chi connectivity index (χ0) is 14.9. The van der Waals surface area contributed by atoms with E-state index in [1.165, 1.54) is 18.3 Å². The first-order valence-corrected chi connectivity index (χ1v) is 7.74. The van der Waals surface area contributed by atoms with E-state index in [4.69, 9.17) is 28.9 Å². The maximum atomic E-state index is 12.3. The van der Waals surface area contributed by atoms with Crippen molar-refractivity contribution >= 4 is 44.6 Å². The lowest BCUT2D eigenvalue weighted by molar-refractivity contribution is 0.601. The van der Waals surface area contributed by atoms with E-state index in [2.05, 4.69) is 9.71 Å². The Hall–Kier alpha value is -1.50. The van der Waals surface area contributed by atoms with Crippen LogP contribution >= 0.6 is 23.2 Å². The van der Waals surface area contributed by atoms with Gasteiger partial charge >= 0.3 is 0 Å². The number of rotatable bonds is 3. The Kier molecular flexibility index (Phi) is 4.08. The van der Waals surface area contributed by atoms with Crippen LogP contribution in [0.15, 0.2) is 35.4 Å². The minimum atomic E-state index is -3.95. The number of sulfonamides is 1. The van der Waals surface area contributed by atoms with Gasteiger partial charge in [0.25, 0.3) is 10.0 Å². The molecular weight excluding hydrogens is 321 g/mol. The number of hydrogen-bond acceptors (Lipinski definition) is 4. The second kappa shape index (κ2) is 5.47. The second-order valence-electron chi connectivity index (χ2n) is 4.11. The number of nitrogens with two attached hydrogens (primary N) is 1. The molecule has 0 aliphatic rings. The summed E-state index contributed by atoms with van der Waals surface area (Å²) in [7, 11) is -3.95. The lowest BCUT2D eigenvalue weighted by Gasteiger charge is -2.12. The summed E-state index contributed by atoms with van der Waals surface area (Å²) in [6.45, 7) is 1.77. The fourth-order valence-corrected chi connectivity index (χ4v) is 3.57. The summed E-state index contributed by atoms with van der Waals surface area (Å²) in [6, 6.07) is 6.04. The molecule has 5 nitrogen and oxygen atoms in total. The van der Waals surface area contributed by atoms with E-state index in [0.717, 1.165) is 5.56 Å². The van der Waals surface area contributed by atoms with Gasteiger partial charge in [-0.3, -0.25) is 4.72 Å². The number of aryl methyl sites for hydroxylation is 1. The fourth-order valence-electron chi connectivity index (χ4n) is 1.63. The van der Waals surface area contributed by atoms with Gasteiger partial charge in [-0.05, 0) is 30.7 Å². The molecule has 8 heteroatoms. The highest BCUT2D eigenvalue weighted by Crippen LogP contribution is 2.30. The summed E-state index contributed by atoms with van der Waals surface area (Å²) in [6.07, 6.45) is 1.53. The predicted molar refractivity (Wildman–Crippen MR) is 80.7 cm³/mol. The summed E-state index contributed by atoms with van der Waals surface area (Å²) >= 11 is 11.8. The quantitative estimate of drug-likeness (QED) is 0.668. The third kappa shape index (κ3) is 2.98. The van der Waals surface area contributed by atoms with Crippen LogP contribution in [-0.2, 0) is 10.0 Å². The highest BCUT2D eigenvalue weighted by molar-refractivity contribution is 7.93. The van der Waals surface area contributed by atoms with E-state index in [1.807, 2.05) is 0 Å². The Morgan fingerprint density at radius 2 is 2.00 bits per heavy atom. The molecule has 2 aromatic rings. The van der Waals surface area contributed by atoms with Crippen molar-refractivity contribution in [1.29, 1.82) is 0 Å². The molecule has 106 valence electrons. The smallest absolute Gasteiger partial charge is 0.265 e. The second-order valence-corrected chi connectivity index (χ2v) is 6.50. The minimum absolute atomic E-state index is 0.0363. The van der Waals surface area contributed by atoms with Crippen LogP contribution in [0.4, 0.5) is 11.4 Å². The zero-order valence-electron chi connectivity index (χ0n) is 10.4. The first-order valence-electron chi connectivity index (χ1n) is 5.50. The molecule has 1 aromatic carbocycles. The molecule has 0 atom stereocenters. The summed E-state index contributed by atoms with van der Waals surface area (Å²) in [5.41, 5.74) is 6.67. The van der Waals surface area contributed by atoms with Crippen LogP contribution in [0.25, 0.3) is 0 Å². The molecule has 0 unspecified atom stereocenters. The van der Waals surface area contributed by atoms with Crippen molar-refractivity contribution in [3.63, 3.8) is 0 Å². The Labute approximate surface area is 126 Å². The monoisotopic (exact) mass is 331 g/mol. The average molecular weight is 332 g/mol. The average Bonchev–Trinajstić information content (AvgIpc) is 2.33. The number of pyridine rings is 1. The van der Waals surface area contributed by atoms with Gasteiger partial charge in [-0.25, -0.2) is 13.4 Å². The number of nitrogens with one attached hydrogen (secondary N) is 1. The number of anilines is 2. The van der Waals surface area contributed by atoms with Crippen molar-refractivity contribution in [3.8, 4) is 0 Å². The number of benzene rings is 1.